The topological polar surface area (TPSA) is 57.6 Å². The van der Waals surface area contributed by atoms with Crippen molar-refractivity contribution < 1.29 is 31.1 Å². The number of hydrogen-bond donors (Lipinski definition) is 1. The Kier molecular flexibility index (Phi) is 7.91. The van der Waals surface area contributed by atoms with E-state index in [1.165, 1.54) is 12.1 Å². The van der Waals surface area contributed by atoms with E-state index in [2.05, 4.69) is 0 Å². The molecule has 0 radical (unpaired) electrons. The Morgan fingerprint density at radius 3 is 2.44 bits per heavy atom. The molecule has 0 fully saturated rings. The third-order valence-electron chi connectivity index (χ3n) is 6.59. The van der Waals surface area contributed by atoms with Gasteiger partial charge in [-0.2, -0.15) is 13.2 Å². The van der Waals surface area contributed by atoms with Crippen molar-refractivity contribution in [2.45, 2.75) is 50.3 Å². The highest BCUT2D eigenvalue weighted by atomic mass is 35.5. The quantitative estimate of drug-likeness (QED) is 0.241. The highest BCUT2D eigenvalue weighted by Gasteiger charge is 2.37. The van der Waals surface area contributed by atoms with Gasteiger partial charge in [0.1, 0.15) is 5.82 Å². The molecule has 39 heavy (non-hydrogen) atoms. The van der Waals surface area contributed by atoms with E-state index < -0.39 is 38.1 Å². The van der Waals surface area contributed by atoms with E-state index in [1.807, 2.05) is 0 Å². The fraction of sp³-hybridized carbons (Fsp3) is 0.310. The summed E-state index contributed by atoms with van der Waals surface area (Å²) in [5.41, 5.74) is 0.146. The van der Waals surface area contributed by atoms with Gasteiger partial charge >= 0.3 is 6.18 Å². The SMILES string of the molecule is C/C(=C\c1ccc2c(c1)N(S(=O)(=O)c1cccc(C(F)(F)F)c1)C[C@H](CC(C)(C)O)C2)c1c(F)cccc1Cl. The summed E-state index contributed by atoms with van der Waals surface area (Å²) in [6.07, 6.45) is -2.29. The maximum Gasteiger partial charge on any atom is 0.416 e. The monoisotopic (exact) mass is 581 g/mol. The van der Waals surface area contributed by atoms with Crippen molar-refractivity contribution in [2.75, 3.05) is 10.8 Å². The lowest BCUT2D eigenvalue weighted by Crippen LogP contribution is -2.42. The Bertz CT molecular complexity index is 1510. The summed E-state index contributed by atoms with van der Waals surface area (Å²) in [4.78, 5) is -0.484. The third kappa shape index (κ3) is 6.48. The van der Waals surface area contributed by atoms with Gasteiger partial charge in [0.2, 0.25) is 0 Å². The highest BCUT2D eigenvalue weighted by Crippen LogP contribution is 2.39. The first kappa shape index (κ1) is 29.1. The molecule has 4 nitrogen and oxygen atoms in total. The maximum absolute atomic E-state index is 14.5. The van der Waals surface area contributed by atoms with Crippen LogP contribution in [0.5, 0.6) is 0 Å². The number of hydrogen-bond acceptors (Lipinski definition) is 3. The predicted octanol–water partition coefficient (Wildman–Crippen LogP) is 7.59. The molecule has 10 heteroatoms. The molecule has 0 spiro atoms. The molecule has 3 aromatic rings. The number of nitrogens with zero attached hydrogens (tertiary/aromatic N) is 1. The zero-order valence-corrected chi connectivity index (χ0v) is 23.1. The van der Waals surface area contributed by atoms with E-state index in [-0.39, 0.29) is 29.5 Å². The van der Waals surface area contributed by atoms with Crippen LogP contribution in [0.3, 0.4) is 0 Å². The molecule has 1 atom stereocenters. The van der Waals surface area contributed by atoms with Crippen molar-refractivity contribution in [1.29, 1.82) is 0 Å². The average Bonchev–Trinajstić information content (AvgIpc) is 2.82. The van der Waals surface area contributed by atoms with Crippen LogP contribution in [0.15, 0.2) is 65.6 Å². The lowest BCUT2D eigenvalue weighted by atomic mass is 9.85. The number of rotatable bonds is 6. The molecule has 3 aromatic carbocycles. The first-order valence-corrected chi connectivity index (χ1v) is 14.1. The number of anilines is 1. The van der Waals surface area contributed by atoms with Crippen molar-refractivity contribution in [3.63, 3.8) is 0 Å². The molecule has 0 amide bonds. The number of benzene rings is 3. The van der Waals surface area contributed by atoms with E-state index in [0.717, 1.165) is 22.5 Å². The van der Waals surface area contributed by atoms with Gasteiger partial charge in [0, 0.05) is 12.1 Å². The fourth-order valence-corrected chi connectivity index (χ4v) is 6.94. The number of allylic oxidation sites excluding steroid dienone is 1. The summed E-state index contributed by atoms with van der Waals surface area (Å²) >= 11 is 6.20. The summed E-state index contributed by atoms with van der Waals surface area (Å²) in [6.45, 7) is 4.90. The molecule has 1 aliphatic rings. The average molecular weight is 582 g/mol. The summed E-state index contributed by atoms with van der Waals surface area (Å²) in [7, 11) is -4.41. The van der Waals surface area contributed by atoms with Crippen LogP contribution in [0.1, 0.15) is 49.4 Å². The zero-order chi connectivity index (χ0) is 28.8. The lowest BCUT2D eigenvalue weighted by Gasteiger charge is -2.37. The van der Waals surface area contributed by atoms with E-state index in [9.17, 15) is 31.1 Å². The molecule has 0 bridgehead atoms. The van der Waals surface area contributed by atoms with Crippen LogP contribution >= 0.6 is 11.6 Å². The van der Waals surface area contributed by atoms with Crippen molar-refractivity contribution >= 4 is 39.0 Å². The van der Waals surface area contributed by atoms with Crippen LogP contribution in [0.25, 0.3) is 11.6 Å². The summed E-state index contributed by atoms with van der Waals surface area (Å²) < 4.78 is 83.3. The van der Waals surface area contributed by atoms with E-state index >= 15 is 0 Å². The van der Waals surface area contributed by atoms with E-state index in [4.69, 9.17) is 11.6 Å². The Balaban J connectivity index is 1.82. The predicted molar refractivity (Wildman–Crippen MR) is 145 cm³/mol. The van der Waals surface area contributed by atoms with E-state index in [1.54, 1.807) is 51.1 Å². The second kappa shape index (κ2) is 10.6. The molecule has 0 saturated carbocycles. The molecular formula is C29H28ClF4NO3S. The van der Waals surface area contributed by atoms with Crippen molar-refractivity contribution in [3.8, 4) is 0 Å². The zero-order valence-electron chi connectivity index (χ0n) is 21.6. The Morgan fingerprint density at radius 1 is 1.10 bits per heavy atom. The van der Waals surface area contributed by atoms with Gasteiger partial charge in [-0.15, -0.1) is 0 Å². The van der Waals surface area contributed by atoms with Crippen LogP contribution < -0.4 is 4.31 Å². The molecule has 208 valence electrons. The number of fused-ring (bicyclic) bond motifs is 1. The second-order valence-electron chi connectivity index (χ2n) is 10.5. The number of aliphatic hydroxyl groups is 1. The van der Waals surface area contributed by atoms with Gasteiger partial charge < -0.3 is 5.11 Å². The van der Waals surface area contributed by atoms with Crippen LogP contribution in [0.4, 0.5) is 23.2 Å². The van der Waals surface area contributed by atoms with Gasteiger partial charge in [-0.05, 0) is 92.6 Å². The number of sulfonamides is 1. The Labute approximate surface area is 230 Å². The Morgan fingerprint density at radius 2 is 1.79 bits per heavy atom. The van der Waals surface area contributed by atoms with Crippen LogP contribution in [0, 0.1) is 11.7 Å². The standard InChI is InChI=1S/C29H28ClF4NO3S/c1-18(27-24(30)8-5-9-25(27)31)12-19-10-11-21-13-20(16-28(2,3)36)17-35(26(21)14-19)39(37,38)23-7-4-6-22(15-23)29(32,33)34/h4-12,14-15,20,36H,13,16-17H2,1-3H3/b18-12+/t20-/m0/s1. The first-order valence-electron chi connectivity index (χ1n) is 12.2. The van der Waals surface area contributed by atoms with Crippen molar-refractivity contribution in [3.05, 3.63) is 93.8 Å². The molecular weight excluding hydrogens is 554 g/mol. The van der Waals surface area contributed by atoms with Crippen LogP contribution in [-0.2, 0) is 22.6 Å². The number of halogens is 5. The molecule has 4 rings (SSSR count). The molecule has 0 saturated heterocycles. The third-order valence-corrected chi connectivity index (χ3v) is 8.68. The molecule has 1 aliphatic heterocycles. The van der Waals surface area contributed by atoms with Gasteiger partial charge in [0.15, 0.2) is 0 Å². The molecule has 1 N–H and O–H groups in total. The number of alkyl halides is 3. The molecule has 0 aromatic heterocycles. The Hall–Kier alpha value is -2.88. The second-order valence-corrected chi connectivity index (χ2v) is 12.7. The minimum Gasteiger partial charge on any atom is -0.390 e. The minimum absolute atomic E-state index is 0.0269. The largest absolute Gasteiger partial charge is 0.416 e. The van der Waals surface area contributed by atoms with Crippen molar-refractivity contribution in [2.24, 2.45) is 5.92 Å². The summed E-state index contributed by atoms with van der Waals surface area (Å²) in [5.74, 6) is -0.782. The highest BCUT2D eigenvalue weighted by molar-refractivity contribution is 7.92. The first-order chi connectivity index (χ1) is 18.1. The minimum atomic E-state index is -4.71. The lowest BCUT2D eigenvalue weighted by molar-refractivity contribution is -0.137. The molecule has 1 heterocycles. The maximum atomic E-state index is 14.5. The smallest absolute Gasteiger partial charge is 0.390 e. The van der Waals surface area contributed by atoms with Crippen LogP contribution in [-0.4, -0.2) is 25.7 Å². The summed E-state index contributed by atoms with van der Waals surface area (Å²) in [5, 5.41) is 10.6. The van der Waals surface area contributed by atoms with Gasteiger partial charge in [-0.1, -0.05) is 41.9 Å². The fourth-order valence-electron chi connectivity index (χ4n) is 5.01. The van der Waals surface area contributed by atoms with Gasteiger partial charge in [-0.25, -0.2) is 12.8 Å². The van der Waals surface area contributed by atoms with Gasteiger partial charge in [0.25, 0.3) is 10.0 Å². The van der Waals surface area contributed by atoms with Crippen LogP contribution in [0.2, 0.25) is 5.02 Å². The molecule has 0 unspecified atom stereocenters. The van der Waals surface area contributed by atoms with Crippen molar-refractivity contribution in [1.82, 2.24) is 0 Å². The van der Waals surface area contributed by atoms with E-state index in [0.29, 0.717) is 34.9 Å². The van der Waals surface area contributed by atoms with Gasteiger partial charge in [-0.3, -0.25) is 4.31 Å². The normalized spacial score (nSPS) is 16.8. The molecule has 0 aliphatic carbocycles. The van der Waals surface area contributed by atoms with Gasteiger partial charge in [0.05, 0.1) is 26.8 Å². The summed E-state index contributed by atoms with van der Waals surface area (Å²) in [6, 6.07) is 13.1.